The zero-order valence-corrected chi connectivity index (χ0v) is 17.2. The smallest absolute Gasteiger partial charge is 0.385 e. The molecule has 0 aromatic carbocycles. The molecule has 0 bridgehead atoms. The maximum atomic E-state index is 6.44. The molecule has 0 aromatic rings. The van der Waals surface area contributed by atoms with Crippen molar-refractivity contribution in [3.63, 3.8) is 0 Å². The van der Waals surface area contributed by atoms with E-state index in [1.807, 2.05) is 13.8 Å². The third kappa shape index (κ3) is 8.38. The first-order chi connectivity index (χ1) is 11.5. The van der Waals surface area contributed by atoms with E-state index in [-0.39, 0.29) is 12.2 Å². The summed E-state index contributed by atoms with van der Waals surface area (Å²) in [5, 5.41) is 0. The molecule has 0 saturated carbocycles. The third-order valence-corrected chi connectivity index (χ3v) is 7.05. The molecule has 0 radical (unpaired) electrons. The number of nitrogens with zero attached hydrogens (tertiary/aromatic N) is 1. The Balaban J connectivity index is 2.73. The Morgan fingerprint density at radius 3 is 2.50 bits per heavy atom. The molecule has 6 nitrogen and oxygen atoms in total. The second-order valence-corrected chi connectivity index (χ2v) is 9.10. The lowest BCUT2D eigenvalue weighted by molar-refractivity contribution is -0.0442. The first-order valence-corrected chi connectivity index (χ1v) is 11.3. The molecule has 1 atom stereocenters. The van der Waals surface area contributed by atoms with Gasteiger partial charge in [-0.1, -0.05) is 0 Å². The van der Waals surface area contributed by atoms with Crippen LogP contribution in [-0.2, 0) is 22.8 Å². The van der Waals surface area contributed by atoms with Crippen LogP contribution < -0.4 is 0 Å². The van der Waals surface area contributed by atoms with Gasteiger partial charge in [0.1, 0.15) is 0 Å². The SMILES string of the molecule is CCO[Si]1(OCC)CCCN(CCCOC)CC(COC(C)C)O1. The number of methoxy groups -OCH3 is 1. The van der Waals surface area contributed by atoms with E-state index in [1.165, 1.54) is 0 Å². The lowest BCUT2D eigenvalue weighted by Crippen LogP contribution is -2.54. The second-order valence-electron chi connectivity index (χ2n) is 6.42. The van der Waals surface area contributed by atoms with E-state index >= 15 is 0 Å². The minimum Gasteiger partial charge on any atom is -0.385 e. The molecule has 24 heavy (non-hydrogen) atoms. The summed E-state index contributed by atoms with van der Waals surface area (Å²) in [4.78, 5) is 2.45. The van der Waals surface area contributed by atoms with Crippen molar-refractivity contribution >= 4 is 8.80 Å². The first-order valence-electron chi connectivity index (χ1n) is 9.33. The zero-order chi connectivity index (χ0) is 17.8. The van der Waals surface area contributed by atoms with Gasteiger partial charge in [0.2, 0.25) is 0 Å². The van der Waals surface area contributed by atoms with E-state index in [9.17, 15) is 0 Å². The van der Waals surface area contributed by atoms with E-state index in [2.05, 4.69) is 18.7 Å². The van der Waals surface area contributed by atoms with Crippen LogP contribution in [0.3, 0.4) is 0 Å². The van der Waals surface area contributed by atoms with Gasteiger partial charge in [-0.25, -0.2) is 0 Å². The van der Waals surface area contributed by atoms with Crippen LogP contribution in [0.2, 0.25) is 6.04 Å². The van der Waals surface area contributed by atoms with E-state index in [0.717, 1.165) is 45.1 Å². The van der Waals surface area contributed by atoms with Gasteiger partial charge in [0, 0.05) is 46.1 Å². The summed E-state index contributed by atoms with van der Waals surface area (Å²) >= 11 is 0. The van der Waals surface area contributed by atoms with Gasteiger partial charge >= 0.3 is 8.80 Å². The van der Waals surface area contributed by atoms with Gasteiger partial charge < -0.3 is 27.7 Å². The molecule has 1 heterocycles. The Kier molecular flexibility index (Phi) is 11.3. The van der Waals surface area contributed by atoms with Gasteiger partial charge in [0.05, 0.1) is 18.8 Å². The molecule has 1 aliphatic rings. The Hall–Kier alpha value is -0.0231. The molecule has 1 unspecified atom stereocenters. The Morgan fingerprint density at radius 2 is 1.92 bits per heavy atom. The standard InChI is InChI=1S/C17H37NO5Si/c1-6-21-24(22-7-2)13-9-11-18(10-8-12-19-5)14-17(23-24)15-20-16(3)4/h16-17H,6-15H2,1-5H3. The van der Waals surface area contributed by atoms with E-state index in [1.54, 1.807) is 7.11 Å². The fourth-order valence-corrected chi connectivity index (χ4v) is 5.71. The van der Waals surface area contributed by atoms with Crippen LogP contribution in [0, 0.1) is 0 Å². The topological polar surface area (TPSA) is 49.4 Å². The lowest BCUT2D eigenvalue weighted by Gasteiger charge is -2.38. The number of rotatable bonds is 11. The third-order valence-electron chi connectivity index (χ3n) is 3.93. The monoisotopic (exact) mass is 363 g/mol. The van der Waals surface area contributed by atoms with Crippen molar-refractivity contribution in [1.82, 2.24) is 4.90 Å². The lowest BCUT2D eigenvalue weighted by atomic mass is 10.3. The number of ether oxygens (including phenoxy) is 2. The molecule has 0 N–H and O–H groups in total. The Labute approximate surface area is 149 Å². The maximum absolute atomic E-state index is 6.44. The van der Waals surface area contributed by atoms with Crippen molar-refractivity contribution in [2.24, 2.45) is 0 Å². The summed E-state index contributed by atoms with van der Waals surface area (Å²) in [7, 11) is -0.849. The van der Waals surface area contributed by atoms with Crippen LogP contribution in [-0.4, -0.2) is 79.1 Å². The summed E-state index contributed by atoms with van der Waals surface area (Å²) in [6.45, 7) is 13.7. The maximum Gasteiger partial charge on any atom is 0.501 e. The molecule has 1 aliphatic heterocycles. The average Bonchev–Trinajstić information content (AvgIpc) is 2.51. The van der Waals surface area contributed by atoms with Crippen molar-refractivity contribution < 1.29 is 22.8 Å². The van der Waals surface area contributed by atoms with Crippen molar-refractivity contribution in [2.75, 3.05) is 53.2 Å². The number of hydrogen-bond acceptors (Lipinski definition) is 6. The molecule has 144 valence electrons. The summed E-state index contributed by atoms with van der Waals surface area (Å²) in [6, 6.07) is 0.869. The van der Waals surface area contributed by atoms with Gasteiger partial charge in [0.25, 0.3) is 0 Å². The predicted octanol–water partition coefficient (Wildman–Crippen LogP) is 2.55. The highest BCUT2D eigenvalue weighted by Crippen LogP contribution is 2.24. The van der Waals surface area contributed by atoms with Gasteiger partial charge in [-0.05, 0) is 47.1 Å². The molecule has 0 amide bonds. The fourth-order valence-electron chi connectivity index (χ4n) is 2.96. The fraction of sp³-hybridized carbons (Fsp3) is 1.00. The van der Waals surface area contributed by atoms with Crippen LogP contribution in [0.5, 0.6) is 0 Å². The van der Waals surface area contributed by atoms with Gasteiger partial charge in [0.15, 0.2) is 0 Å². The van der Waals surface area contributed by atoms with Crippen LogP contribution >= 0.6 is 0 Å². The minimum atomic E-state index is -2.60. The van der Waals surface area contributed by atoms with E-state index in [4.69, 9.17) is 22.8 Å². The molecule has 7 heteroatoms. The quantitative estimate of drug-likeness (QED) is 0.415. The van der Waals surface area contributed by atoms with Gasteiger partial charge in [-0.3, -0.25) is 0 Å². The van der Waals surface area contributed by atoms with Crippen LogP contribution in [0.25, 0.3) is 0 Å². The van der Waals surface area contributed by atoms with Crippen LogP contribution in [0.15, 0.2) is 0 Å². The minimum absolute atomic E-state index is 0.0139. The van der Waals surface area contributed by atoms with Crippen molar-refractivity contribution in [1.29, 1.82) is 0 Å². The first kappa shape index (κ1) is 22.0. The highest BCUT2D eigenvalue weighted by molar-refractivity contribution is 6.60. The highest BCUT2D eigenvalue weighted by atomic mass is 28.4. The van der Waals surface area contributed by atoms with Gasteiger partial charge in [-0.2, -0.15) is 0 Å². The predicted molar refractivity (Wildman–Crippen MR) is 97.3 cm³/mol. The zero-order valence-electron chi connectivity index (χ0n) is 16.2. The van der Waals surface area contributed by atoms with Crippen LogP contribution in [0.1, 0.15) is 40.5 Å². The Bertz CT molecular complexity index is 313. The van der Waals surface area contributed by atoms with Crippen LogP contribution in [0.4, 0.5) is 0 Å². The molecule has 0 spiro atoms. The van der Waals surface area contributed by atoms with E-state index < -0.39 is 8.80 Å². The largest absolute Gasteiger partial charge is 0.501 e. The molecule has 0 aromatic heterocycles. The summed E-state index contributed by atoms with van der Waals surface area (Å²) in [5.74, 6) is 0. The summed E-state index contributed by atoms with van der Waals surface area (Å²) in [5.41, 5.74) is 0. The molecule has 1 fully saturated rings. The second kappa shape index (κ2) is 12.3. The molecular formula is C17H37NO5Si. The molecule has 1 saturated heterocycles. The Morgan fingerprint density at radius 1 is 1.21 bits per heavy atom. The van der Waals surface area contributed by atoms with E-state index in [0.29, 0.717) is 19.8 Å². The average molecular weight is 364 g/mol. The molecule has 1 rings (SSSR count). The van der Waals surface area contributed by atoms with Gasteiger partial charge in [-0.15, -0.1) is 0 Å². The van der Waals surface area contributed by atoms with Crippen molar-refractivity contribution in [3.8, 4) is 0 Å². The van der Waals surface area contributed by atoms with Crippen molar-refractivity contribution in [2.45, 2.75) is 58.8 Å². The summed E-state index contributed by atoms with van der Waals surface area (Å²) in [6.07, 6.45) is 2.25. The van der Waals surface area contributed by atoms with Crippen molar-refractivity contribution in [3.05, 3.63) is 0 Å². The summed E-state index contributed by atoms with van der Waals surface area (Å²) < 4.78 is 29.5. The highest BCUT2D eigenvalue weighted by Gasteiger charge is 2.44. The molecular weight excluding hydrogens is 326 g/mol. The number of hydrogen-bond donors (Lipinski definition) is 0. The molecule has 0 aliphatic carbocycles. The normalized spacial score (nSPS) is 22.5.